The summed E-state index contributed by atoms with van der Waals surface area (Å²) in [6, 6.07) is 9.43. The van der Waals surface area contributed by atoms with Gasteiger partial charge in [-0.25, -0.2) is 8.42 Å². The van der Waals surface area contributed by atoms with Crippen LogP contribution >= 0.6 is 11.3 Å². The fourth-order valence-electron chi connectivity index (χ4n) is 2.48. The molecule has 5 nitrogen and oxygen atoms in total. The molecule has 0 aliphatic rings. The maximum atomic E-state index is 13.1. The van der Waals surface area contributed by atoms with E-state index < -0.39 is 10.0 Å². The summed E-state index contributed by atoms with van der Waals surface area (Å²) in [4.78, 5) is 1.03. The molecule has 0 aliphatic carbocycles. The third-order valence-corrected chi connectivity index (χ3v) is 6.36. The van der Waals surface area contributed by atoms with Crippen molar-refractivity contribution in [3.8, 4) is 10.6 Å². The summed E-state index contributed by atoms with van der Waals surface area (Å²) < 4.78 is 30.5. The molecule has 0 unspecified atom stereocenters. The number of sulfonamides is 1. The van der Waals surface area contributed by atoms with Gasteiger partial charge in [0.1, 0.15) is 10.6 Å². The minimum atomic E-state index is -3.75. The Morgan fingerprint density at radius 3 is 2.56 bits per heavy atom. The predicted molar refractivity (Wildman–Crippen MR) is 103 cm³/mol. The summed E-state index contributed by atoms with van der Waals surface area (Å²) in [6.45, 7) is 7.81. The predicted octanol–water partition coefficient (Wildman–Crippen LogP) is 4.61. The Morgan fingerprint density at radius 2 is 1.92 bits per heavy atom. The highest BCUT2D eigenvalue weighted by Crippen LogP contribution is 2.32. The number of anilines is 1. The molecule has 0 amide bonds. The van der Waals surface area contributed by atoms with Gasteiger partial charge < -0.3 is 0 Å². The van der Waals surface area contributed by atoms with Crippen LogP contribution in [0.25, 0.3) is 10.6 Å². The highest BCUT2D eigenvalue weighted by Gasteiger charge is 2.25. The van der Waals surface area contributed by atoms with Crippen LogP contribution in [0.4, 0.5) is 5.69 Å². The number of aryl methyl sites for hydroxylation is 1. The molecule has 0 bridgehead atoms. The largest absolute Gasteiger partial charge is 0.279 e. The molecule has 7 heteroatoms. The third kappa shape index (κ3) is 3.48. The van der Waals surface area contributed by atoms with Crippen LogP contribution < -0.4 is 4.72 Å². The molecular formula is C18H21N3O2S2. The van der Waals surface area contributed by atoms with Gasteiger partial charge in [0.25, 0.3) is 10.0 Å². The van der Waals surface area contributed by atoms with E-state index in [1.807, 2.05) is 57.3 Å². The fourth-order valence-corrected chi connectivity index (χ4v) is 4.54. The SMILES string of the molecule is Cc1cccc(NS(=O)(=O)c2cn(C(C)C)nc2-c2cccs2)c1C. The molecule has 3 aromatic rings. The molecule has 0 spiro atoms. The number of thiophene rings is 1. The van der Waals surface area contributed by atoms with Crippen LogP contribution in [0.3, 0.4) is 0 Å². The van der Waals surface area contributed by atoms with Crippen LogP contribution in [0.2, 0.25) is 0 Å². The number of nitrogens with one attached hydrogen (secondary N) is 1. The van der Waals surface area contributed by atoms with Crippen molar-refractivity contribution < 1.29 is 8.42 Å². The summed E-state index contributed by atoms with van der Waals surface area (Å²) in [5.74, 6) is 0. The van der Waals surface area contributed by atoms with E-state index in [4.69, 9.17) is 0 Å². The lowest BCUT2D eigenvalue weighted by molar-refractivity contribution is 0.532. The van der Waals surface area contributed by atoms with Crippen molar-refractivity contribution in [1.29, 1.82) is 0 Å². The number of nitrogens with zero attached hydrogens (tertiary/aromatic N) is 2. The van der Waals surface area contributed by atoms with Gasteiger partial charge in [-0.05, 0) is 56.3 Å². The number of rotatable bonds is 5. The third-order valence-electron chi connectivity index (χ3n) is 4.12. The lowest BCUT2D eigenvalue weighted by Crippen LogP contribution is -2.14. The van der Waals surface area contributed by atoms with Crippen molar-refractivity contribution in [3.05, 3.63) is 53.0 Å². The maximum absolute atomic E-state index is 13.1. The first-order valence-electron chi connectivity index (χ1n) is 8.01. The first kappa shape index (κ1) is 17.7. The second kappa shape index (κ2) is 6.65. The molecule has 1 N–H and O–H groups in total. The standard InChI is InChI=1S/C18H21N3O2S2/c1-12(2)21-11-17(18(19-21)16-9-6-10-24-16)25(22,23)20-15-8-5-7-13(3)14(15)4/h5-12,20H,1-4H3. The zero-order valence-electron chi connectivity index (χ0n) is 14.6. The average Bonchev–Trinajstić information content (AvgIpc) is 3.20. The highest BCUT2D eigenvalue weighted by molar-refractivity contribution is 7.92. The van der Waals surface area contributed by atoms with E-state index in [1.54, 1.807) is 16.9 Å². The van der Waals surface area contributed by atoms with Crippen LogP contribution in [-0.4, -0.2) is 18.2 Å². The van der Waals surface area contributed by atoms with Gasteiger partial charge in [0.15, 0.2) is 0 Å². The minimum Gasteiger partial charge on any atom is -0.279 e. The molecule has 2 heterocycles. The van der Waals surface area contributed by atoms with E-state index in [0.717, 1.165) is 16.0 Å². The molecule has 0 radical (unpaired) electrons. The summed E-state index contributed by atoms with van der Waals surface area (Å²) in [6.07, 6.45) is 1.60. The lowest BCUT2D eigenvalue weighted by Gasteiger charge is -2.11. The van der Waals surface area contributed by atoms with Crippen molar-refractivity contribution in [2.24, 2.45) is 0 Å². The normalized spacial score (nSPS) is 11.9. The molecule has 25 heavy (non-hydrogen) atoms. The van der Waals surface area contributed by atoms with Gasteiger partial charge in [-0.3, -0.25) is 9.40 Å². The fraction of sp³-hybridized carbons (Fsp3) is 0.278. The maximum Gasteiger partial charge on any atom is 0.265 e. The number of benzene rings is 1. The Morgan fingerprint density at radius 1 is 1.16 bits per heavy atom. The van der Waals surface area contributed by atoms with Gasteiger partial charge in [-0.2, -0.15) is 5.10 Å². The quantitative estimate of drug-likeness (QED) is 0.708. The molecule has 132 valence electrons. The van der Waals surface area contributed by atoms with E-state index >= 15 is 0 Å². The van der Waals surface area contributed by atoms with Crippen molar-refractivity contribution in [3.63, 3.8) is 0 Å². The molecule has 0 aliphatic heterocycles. The number of hydrogen-bond acceptors (Lipinski definition) is 4. The van der Waals surface area contributed by atoms with E-state index in [0.29, 0.717) is 11.4 Å². The summed E-state index contributed by atoms with van der Waals surface area (Å²) in [5.41, 5.74) is 3.03. The van der Waals surface area contributed by atoms with Gasteiger partial charge in [-0.15, -0.1) is 11.3 Å². The van der Waals surface area contributed by atoms with E-state index in [-0.39, 0.29) is 10.9 Å². The number of aromatic nitrogens is 2. The van der Waals surface area contributed by atoms with Gasteiger partial charge >= 0.3 is 0 Å². The van der Waals surface area contributed by atoms with E-state index in [9.17, 15) is 8.42 Å². The van der Waals surface area contributed by atoms with Crippen LogP contribution in [0.5, 0.6) is 0 Å². The monoisotopic (exact) mass is 375 g/mol. The zero-order valence-corrected chi connectivity index (χ0v) is 16.3. The molecule has 0 saturated heterocycles. The van der Waals surface area contributed by atoms with Gasteiger partial charge in [0.05, 0.1) is 10.6 Å². The molecule has 0 saturated carbocycles. The summed E-state index contributed by atoms with van der Waals surface area (Å²) in [5, 5.41) is 6.42. The topological polar surface area (TPSA) is 64.0 Å². The zero-order chi connectivity index (χ0) is 18.2. The van der Waals surface area contributed by atoms with Crippen LogP contribution in [0.15, 0.2) is 46.8 Å². The van der Waals surface area contributed by atoms with Crippen molar-refractivity contribution in [2.75, 3.05) is 4.72 Å². The Balaban J connectivity index is 2.09. The van der Waals surface area contributed by atoms with Crippen molar-refractivity contribution in [2.45, 2.75) is 38.6 Å². The molecule has 1 aromatic carbocycles. The first-order chi connectivity index (χ1) is 11.8. The Labute approximate surface area is 152 Å². The Hall–Kier alpha value is -2.12. The summed E-state index contributed by atoms with van der Waals surface area (Å²) >= 11 is 1.48. The van der Waals surface area contributed by atoms with E-state index in [1.165, 1.54) is 11.3 Å². The van der Waals surface area contributed by atoms with E-state index in [2.05, 4.69) is 9.82 Å². The molecular weight excluding hydrogens is 354 g/mol. The smallest absolute Gasteiger partial charge is 0.265 e. The van der Waals surface area contributed by atoms with Crippen LogP contribution in [0, 0.1) is 13.8 Å². The summed E-state index contributed by atoms with van der Waals surface area (Å²) in [7, 11) is -3.75. The van der Waals surface area contributed by atoms with Gasteiger partial charge in [0, 0.05) is 12.2 Å². The first-order valence-corrected chi connectivity index (χ1v) is 10.4. The number of hydrogen-bond donors (Lipinski definition) is 1. The second-order valence-electron chi connectivity index (χ2n) is 6.25. The Kier molecular flexibility index (Phi) is 4.71. The Bertz CT molecular complexity index is 988. The molecule has 0 fully saturated rings. The van der Waals surface area contributed by atoms with Gasteiger partial charge in [-0.1, -0.05) is 18.2 Å². The van der Waals surface area contributed by atoms with Crippen LogP contribution in [-0.2, 0) is 10.0 Å². The van der Waals surface area contributed by atoms with Gasteiger partial charge in [0.2, 0.25) is 0 Å². The molecule has 2 aromatic heterocycles. The average molecular weight is 376 g/mol. The van der Waals surface area contributed by atoms with Crippen molar-refractivity contribution in [1.82, 2.24) is 9.78 Å². The molecule has 0 atom stereocenters. The van der Waals surface area contributed by atoms with Crippen molar-refractivity contribution >= 4 is 27.0 Å². The second-order valence-corrected chi connectivity index (χ2v) is 8.84. The highest BCUT2D eigenvalue weighted by atomic mass is 32.2. The minimum absolute atomic E-state index is 0.0726. The molecule has 3 rings (SSSR count). The van der Waals surface area contributed by atoms with Crippen LogP contribution in [0.1, 0.15) is 31.0 Å². The lowest BCUT2D eigenvalue weighted by atomic mass is 10.1.